The molecule has 1 aliphatic rings. The van der Waals surface area contributed by atoms with Crippen LogP contribution >= 0.6 is 0 Å². The third-order valence-electron chi connectivity index (χ3n) is 5.28. The minimum absolute atomic E-state index is 0.0595. The summed E-state index contributed by atoms with van der Waals surface area (Å²) < 4.78 is 32.4. The number of hydrogen-bond donors (Lipinski definition) is 0. The summed E-state index contributed by atoms with van der Waals surface area (Å²) in [6.07, 6.45) is 0. The molecule has 0 spiro atoms. The van der Waals surface area contributed by atoms with E-state index in [0.717, 1.165) is 16.7 Å². The molecule has 160 valence electrons. The number of carbonyl (C=O) groups is 2. The van der Waals surface area contributed by atoms with Crippen LogP contribution < -0.4 is 0 Å². The number of aryl methyl sites for hydroxylation is 2. The standard InChI is InChI=1S/C22H26N2O5S/c1-16-4-5-17(2)20(14-16)15-29-22(26)19-6-8-21(9-7-19)30(27,28)24-12-10-23(11-13-24)18(3)25/h4-9,14H,10-13,15H2,1-3H3. The molecular weight excluding hydrogens is 404 g/mol. The Hall–Kier alpha value is -2.71. The zero-order chi connectivity index (χ0) is 21.9. The fourth-order valence-electron chi connectivity index (χ4n) is 3.34. The summed E-state index contributed by atoms with van der Waals surface area (Å²) in [4.78, 5) is 25.5. The van der Waals surface area contributed by atoms with Crippen LogP contribution in [0.1, 0.15) is 34.0 Å². The van der Waals surface area contributed by atoms with Gasteiger partial charge in [-0.2, -0.15) is 4.31 Å². The highest BCUT2D eigenvalue weighted by molar-refractivity contribution is 7.89. The minimum Gasteiger partial charge on any atom is -0.457 e. The number of carbonyl (C=O) groups excluding carboxylic acids is 2. The van der Waals surface area contributed by atoms with E-state index in [1.165, 1.54) is 35.5 Å². The molecular formula is C22H26N2O5S. The molecule has 0 N–H and O–H groups in total. The van der Waals surface area contributed by atoms with E-state index in [-0.39, 0.29) is 30.5 Å². The zero-order valence-corrected chi connectivity index (χ0v) is 18.2. The van der Waals surface area contributed by atoms with Crippen molar-refractivity contribution < 1.29 is 22.7 Å². The van der Waals surface area contributed by atoms with Gasteiger partial charge in [-0.25, -0.2) is 13.2 Å². The maximum atomic E-state index is 12.8. The Morgan fingerprint density at radius 3 is 2.20 bits per heavy atom. The van der Waals surface area contributed by atoms with Gasteiger partial charge < -0.3 is 9.64 Å². The Morgan fingerprint density at radius 2 is 1.60 bits per heavy atom. The maximum Gasteiger partial charge on any atom is 0.338 e. The number of nitrogens with zero attached hydrogens (tertiary/aromatic N) is 2. The van der Waals surface area contributed by atoms with Crippen LogP contribution in [-0.2, 0) is 26.2 Å². The van der Waals surface area contributed by atoms with Crippen molar-refractivity contribution in [1.29, 1.82) is 0 Å². The molecule has 0 atom stereocenters. The molecule has 1 heterocycles. The number of piperazine rings is 1. The van der Waals surface area contributed by atoms with Crippen molar-refractivity contribution in [3.63, 3.8) is 0 Å². The molecule has 0 aromatic heterocycles. The van der Waals surface area contributed by atoms with E-state index in [2.05, 4.69) is 0 Å². The van der Waals surface area contributed by atoms with Crippen LogP contribution in [0.4, 0.5) is 0 Å². The largest absolute Gasteiger partial charge is 0.457 e. The van der Waals surface area contributed by atoms with Gasteiger partial charge in [-0.1, -0.05) is 23.8 Å². The lowest BCUT2D eigenvalue weighted by atomic mass is 10.1. The number of sulfonamides is 1. The first-order chi connectivity index (χ1) is 14.2. The molecule has 1 fully saturated rings. The van der Waals surface area contributed by atoms with Gasteiger partial charge in [-0.3, -0.25) is 4.79 Å². The molecule has 0 aliphatic carbocycles. The van der Waals surface area contributed by atoms with Crippen molar-refractivity contribution in [2.45, 2.75) is 32.3 Å². The molecule has 0 bridgehead atoms. The van der Waals surface area contributed by atoms with Gasteiger partial charge >= 0.3 is 5.97 Å². The highest BCUT2D eigenvalue weighted by Crippen LogP contribution is 2.19. The second kappa shape index (κ2) is 8.97. The lowest BCUT2D eigenvalue weighted by Crippen LogP contribution is -2.49. The van der Waals surface area contributed by atoms with Gasteiger partial charge in [0.05, 0.1) is 10.5 Å². The average molecular weight is 431 g/mol. The van der Waals surface area contributed by atoms with Crippen molar-refractivity contribution in [2.24, 2.45) is 0 Å². The molecule has 1 amide bonds. The Balaban J connectivity index is 1.64. The highest BCUT2D eigenvalue weighted by Gasteiger charge is 2.29. The van der Waals surface area contributed by atoms with Gasteiger partial charge in [0, 0.05) is 33.1 Å². The predicted octanol–water partition coefficient (Wildman–Crippen LogP) is 2.51. The molecule has 0 radical (unpaired) electrons. The summed E-state index contributed by atoms with van der Waals surface area (Å²) in [5, 5.41) is 0. The van der Waals surface area contributed by atoms with E-state index >= 15 is 0 Å². The second-order valence-corrected chi connectivity index (χ2v) is 9.38. The van der Waals surface area contributed by atoms with Gasteiger partial charge in [0.25, 0.3) is 0 Å². The molecule has 2 aromatic carbocycles. The summed E-state index contributed by atoms with van der Waals surface area (Å²) in [6.45, 7) is 6.81. The Labute approximate surface area is 177 Å². The van der Waals surface area contributed by atoms with Gasteiger partial charge in [0.15, 0.2) is 0 Å². The van der Waals surface area contributed by atoms with Crippen molar-refractivity contribution in [3.8, 4) is 0 Å². The summed E-state index contributed by atoms with van der Waals surface area (Å²) in [7, 11) is -3.68. The summed E-state index contributed by atoms with van der Waals surface area (Å²) >= 11 is 0. The first kappa shape index (κ1) is 22.0. The SMILES string of the molecule is CC(=O)N1CCN(S(=O)(=O)c2ccc(C(=O)OCc3cc(C)ccc3C)cc2)CC1. The topological polar surface area (TPSA) is 84.0 Å². The Morgan fingerprint density at radius 1 is 0.967 bits per heavy atom. The van der Waals surface area contributed by atoms with Crippen LogP contribution in [-0.4, -0.2) is 55.7 Å². The van der Waals surface area contributed by atoms with Crippen LogP contribution in [0.25, 0.3) is 0 Å². The fraction of sp³-hybridized carbons (Fsp3) is 0.364. The summed E-state index contributed by atoms with van der Waals surface area (Å²) in [5.74, 6) is -0.564. The van der Waals surface area contributed by atoms with Crippen LogP contribution in [0.15, 0.2) is 47.4 Å². The molecule has 7 nitrogen and oxygen atoms in total. The Bertz CT molecular complexity index is 1040. The van der Waals surface area contributed by atoms with Crippen molar-refractivity contribution in [3.05, 3.63) is 64.7 Å². The van der Waals surface area contributed by atoms with Crippen LogP contribution in [0.2, 0.25) is 0 Å². The summed E-state index contributed by atoms with van der Waals surface area (Å²) in [6, 6.07) is 11.7. The normalized spacial score (nSPS) is 15.1. The zero-order valence-electron chi connectivity index (χ0n) is 17.4. The number of esters is 1. The number of rotatable bonds is 5. The number of amides is 1. The van der Waals surface area contributed by atoms with E-state index in [1.54, 1.807) is 4.90 Å². The van der Waals surface area contributed by atoms with Crippen molar-refractivity contribution in [1.82, 2.24) is 9.21 Å². The van der Waals surface area contributed by atoms with E-state index in [4.69, 9.17) is 4.74 Å². The van der Waals surface area contributed by atoms with Gasteiger partial charge in [-0.15, -0.1) is 0 Å². The lowest BCUT2D eigenvalue weighted by Gasteiger charge is -2.33. The molecule has 0 saturated carbocycles. The molecule has 3 rings (SSSR count). The Kier molecular flexibility index (Phi) is 6.58. The van der Waals surface area contributed by atoms with Crippen LogP contribution in [0, 0.1) is 13.8 Å². The molecule has 30 heavy (non-hydrogen) atoms. The fourth-order valence-corrected chi connectivity index (χ4v) is 4.76. The van der Waals surface area contributed by atoms with E-state index in [9.17, 15) is 18.0 Å². The van der Waals surface area contributed by atoms with Crippen molar-refractivity contribution >= 4 is 21.9 Å². The van der Waals surface area contributed by atoms with Gasteiger partial charge in [-0.05, 0) is 49.2 Å². The predicted molar refractivity (Wildman–Crippen MR) is 112 cm³/mol. The first-order valence-corrected chi connectivity index (χ1v) is 11.2. The molecule has 0 unspecified atom stereocenters. The van der Waals surface area contributed by atoms with Gasteiger partial charge in [0.1, 0.15) is 6.61 Å². The molecule has 8 heteroatoms. The number of hydrogen-bond acceptors (Lipinski definition) is 5. The van der Waals surface area contributed by atoms with Gasteiger partial charge in [0.2, 0.25) is 15.9 Å². The smallest absolute Gasteiger partial charge is 0.338 e. The van der Waals surface area contributed by atoms with Crippen LogP contribution in [0.3, 0.4) is 0 Å². The lowest BCUT2D eigenvalue weighted by molar-refractivity contribution is -0.129. The minimum atomic E-state index is -3.68. The third kappa shape index (κ3) is 4.88. The third-order valence-corrected chi connectivity index (χ3v) is 7.19. The van der Waals surface area contributed by atoms with E-state index in [1.807, 2.05) is 32.0 Å². The number of benzene rings is 2. The van der Waals surface area contributed by atoms with E-state index in [0.29, 0.717) is 18.7 Å². The monoisotopic (exact) mass is 430 g/mol. The summed E-state index contributed by atoms with van der Waals surface area (Å²) in [5.41, 5.74) is 3.36. The highest BCUT2D eigenvalue weighted by atomic mass is 32.2. The maximum absolute atomic E-state index is 12.8. The van der Waals surface area contributed by atoms with Crippen LogP contribution in [0.5, 0.6) is 0 Å². The average Bonchev–Trinajstić information content (AvgIpc) is 2.74. The molecule has 1 aliphatic heterocycles. The molecule has 2 aromatic rings. The molecule has 1 saturated heterocycles. The number of ether oxygens (including phenoxy) is 1. The van der Waals surface area contributed by atoms with E-state index < -0.39 is 16.0 Å². The first-order valence-electron chi connectivity index (χ1n) is 9.77. The van der Waals surface area contributed by atoms with Crippen molar-refractivity contribution in [2.75, 3.05) is 26.2 Å². The quantitative estimate of drug-likeness (QED) is 0.681. The second-order valence-electron chi connectivity index (χ2n) is 7.44.